The first-order chi connectivity index (χ1) is 4.63. The fraction of sp³-hybridized carbons (Fsp3) is 0.375. The lowest BCUT2D eigenvalue weighted by Gasteiger charge is -1.94. The number of halogens is 1. The van der Waals surface area contributed by atoms with Crippen molar-refractivity contribution in [3.63, 3.8) is 0 Å². The van der Waals surface area contributed by atoms with Crippen LogP contribution in [0.3, 0.4) is 0 Å². The summed E-state index contributed by atoms with van der Waals surface area (Å²) in [5.74, 6) is 1.17. The van der Waals surface area contributed by atoms with Gasteiger partial charge >= 0.3 is 0 Å². The molecule has 0 radical (unpaired) electrons. The molecule has 0 aliphatic carbocycles. The Hall–Kier alpha value is -0.760. The summed E-state index contributed by atoms with van der Waals surface area (Å²) in [7, 11) is 4.04. The highest BCUT2D eigenvalue weighted by Gasteiger charge is 2.10. The minimum atomic E-state index is 0. The summed E-state index contributed by atoms with van der Waals surface area (Å²) in [6, 6.07) is 0. The predicted molar refractivity (Wildman–Crippen MR) is 41.3 cm³/mol. The van der Waals surface area contributed by atoms with Gasteiger partial charge in [-0.2, -0.15) is 0 Å². The molecular formula is C8H13ClN2. The van der Waals surface area contributed by atoms with E-state index in [-0.39, 0.29) is 12.4 Å². The highest BCUT2D eigenvalue weighted by molar-refractivity contribution is 5.52. The van der Waals surface area contributed by atoms with Gasteiger partial charge in [0.05, 0.1) is 14.1 Å². The topological polar surface area (TPSA) is 8.81 Å². The number of aryl methyl sites for hydroxylation is 2. The zero-order chi connectivity index (χ0) is 7.72. The van der Waals surface area contributed by atoms with Gasteiger partial charge in [-0.05, 0) is 6.92 Å². The largest absolute Gasteiger partial charge is 1.00 e. The van der Waals surface area contributed by atoms with E-state index in [0.717, 1.165) is 5.57 Å². The van der Waals surface area contributed by atoms with Crippen LogP contribution in [0.4, 0.5) is 0 Å². The van der Waals surface area contributed by atoms with E-state index in [4.69, 9.17) is 0 Å². The molecule has 1 heterocycles. The molecule has 0 aromatic carbocycles. The lowest BCUT2D eigenvalue weighted by molar-refractivity contribution is -0.673. The molecule has 0 aliphatic rings. The fourth-order valence-corrected chi connectivity index (χ4v) is 1.19. The van der Waals surface area contributed by atoms with Gasteiger partial charge in [0, 0.05) is 5.57 Å². The van der Waals surface area contributed by atoms with E-state index in [1.165, 1.54) is 5.82 Å². The Bertz CT molecular complexity index is 244. The molecule has 0 spiro atoms. The average molecular weight is 173 g/mol. The SMILES string of the molecule is C=C(C)c1n(C)cc[n+]1C.[Cl-]. The van der Waals surface area contributed by atoms with Crippen LogP contribution in [0.15, 0.2) is 19.0 Å². The molecule has 0 N–H and O–H groups in total. The molecule has 1 aromatic rings. The molecule has 0 saturated heterocycles. The van der Waals surface area contributed by atoms with E-state index in [0.29, 0.717) is 0 Å². The summed E-state index contributed by atoms with van der Waals surface area (Å²) in [4.78, 5) is 0. The number of aromatic nitrogens is 2. The van der Waals surface area contributed by atoms with Crippen LogP contribution in [0.1, 0.15) is 12.7 Å². The molecule has 1 aromatic heterocycles. The van der Waals surface area contributed by atoms with Gasteiger partial charge in [0.2, 0.25) is 0 Å². The van der Waals surface area contributed by atoms with Gasteiger partial charge in [-0.1, -0.05) is 6.58 Å². The summed E-state index contributed by atoms with van der Waals surface area (Å²) in [6.07, 6.45) is 4.04. The van der Waals surface area contributed by atoms with Gasteiger partial charge in [0.15, 0.2) is 0 Å². The first kappa shape index (κ1) is 10.2. The summed E-state index contributed by atoms with van der Waals surface area (Å²) < 4.78 is 4.12. The molecule has 0 aliphatic heterocycles. The third-order valence-electron chi connectivity index (χ3n) is 1.56. The highest BCUT2D eigenvalue weighted by Crippen LogP contribution is 2.03. The molecule has 3 heteroatoms. The van der Waals surface area contributed by atoms with E-state index in [1.807, 2.05) is 33.4 Å². The van der Waals surface area contributed by atoms with Crippen LogP contribution in [-0.2, 0) is 14.1 Å². The summed E-state index contributed by atoms with van der Waals surface area (Å²) in [5.41, 5.74) is 1.09. The van der Waals surface area contributed by atoms with Crippen molar-refractivity contribution in [3.05, 3.63) is 24.8 Å². The Morgan fingerprint density at radius 2 is 2.18 bits per heavy atom. The van der Waals surface area contributed by atoms with Crippen molar-refractivity contribution in [2.45, 2.75) is 6.92 Å². The normalized spacial score (nSPS) is 9.00. The summed E-state index contributed by atoms with van der Waals surface area (Å²) >= 11 is 0. The number of nitrogens with zero attached hydrogens (tertiary/aromatic N) is 2. The Kier molecular flexibility index (Phi) is 3.33. The minimum absolute atomic E-state index is 0. The van der Waals surface area contributed by atoms with Gasteiger partial charge < -0.3 is 12.4 Å². The third-order valence-corrected chi connectivity index (χ3v) is 1.56. The quantitative estimate of drug-likeness (QED) is 0.429. The monoisotopic (exact) mass is 172 g/mol. The molecule has 11 heavy (non-hydrogen) atoms. The van der Waals surface area contributed by atoms with E-state index in [1.54, 1.807) is 0 Å². The maximum atomic E-state index is 3.88. The standard InChI is InChI=1S/C8H13N2.ClH/c1-7(2)8-9(3)5-6-10(8)4;/h5-6H,1H2,2-4H3;1H/q+1;/p-1. The van der Waals surface area contributed by atoms with Gasteiger partial charge in [0.1, 0.15) is 12.4 Å². The fourth-order valence-electron chi connectivity index (χ4n) is 1.19. The molecule has 0 saturated carbocycles. The van der Waals surface area contributed by atoms with Crippen LogP contribution < -0.4 is 17.0 Å². The van der Waals surface area contributed by atoms with Crippen LogP contribution in [0, 0.1) is 0 Å². The molecular weight excluding hydrogens is 160 g/mol. The molecule has 0 fully saturated rings. The van der Waals surface area contributed by atoms with Crippen molar-refractivity contribution >= 4 is 5.57 Å². The second-order valence-electron chi connectivity index (χ2n) is 2.62. The van der Waals surface area contributed by atoms with E-state index < -0.39 is 0 Å². The predicted octanol–water partition coefficient (Wildman–Crippen LogP) is -2.11. The van der Waals surface area contributed by atoms with Crippen molar-refractivity contribution in [3.8, 4) is 0 Å². The van der Waals surface area contributed by atoms with E-state index in [2.05, 4.69) is 15.7 Å². The average Bonchev–Trinajstić information content (AvgIpc) is 2.11. The van der Waals surface area contributed by atoms with E-state index >= 15 is 0 Å². The van der Waals surface area contributed by atoms with Gasteiger partial charge in [-0.3, -0.25) is 0 Å². The second-order valence-corrected chi connectivity index (χ2v) is 2.62. The lowest BCUT2D eigenvalue weighted by atomic mass is 10.3. The molecule has 0 bridgehead atoms. The van der Waals surface area contributed by atoms with Crippen LogP contribution in [0.2, 0.25) is 0 Å². The molecule has 0 amide bonds. The lowest BCUT2D eigenvalue weighted by Crippen LogP contribution is -3.00. The van der Waals surface area contributed by atoms with Crippen molar-refractivity contribution in [2.24, 2.45) is 14.1 Å². The second kappa shape index (κ2) is 3.58. The van der Waals surface area contributed by atoms with Crippen molar-refractivity contribution in [2.75, 3.05) is 0 Å². The maximum Gasteiger partial charge on any atom is 0.283 e. The van der Waals surface area contributed by atoms with Crippen LogP contribution >= 0.6 is 0 Å². The first-order valence-corrected chi connectivity index (χ1v) is 3.29. The molecule has 0 unspecified atom stereocenters. The van der Waals surface area contributed by atoms with Gasteiger partial charge in [-0.15, -0.1) is 0 Å². The van der Waals surface area contributed by atoms with Crippen molar-refractivity contribution < 1.29 is 17.0 Å². The number of hydrogen-bond donors (Lipinski definition) is 0. The van der Waals surface area contributed by atoms with Crippen LogP contribution in [0.25, 0.3) is 5.57 Å². The van der Waals surface area contributed by atoms with Crippen molar-refractivity contribution in [1.29, 1.82) is 0 Å². The zero-order valence-electron chi connectivity index (χ0n) is 7.13. The Labute approximate surface area is 73.6 Å². The third kappa shape index (κ3) is 1.84. The summed E-state index contributed by atoms with van der Waals surface area (Å²) in [5, 5.41) is 0. The smallest absolute Gasteiger partial charge is 0.283 e. The molecule has 2 nitrogen and oxygen atoms in total. The van der Waals surface area contributed by atoms with Crippen molar-refractivity contribution in [1.82, 2.24) is 4.57 Å². The van der Waals surface area contributed by atoms with Gasteiger partial charge in [0.25, 0.3) is 5.82 Å². The molecule has 62 valence electrons. The zero-order valence-corrected chi connectivity index (χ0v) is 7.89. The van der Waals surface area contributed by atoms with E-state index in [9.17, 15) is 0 Å². The number of hydrogen-bond acceptors (Lipinski definition) is 0. The Morgan fingerprint density at radius 1 is 1.64 bits per heavy atom. The Balaban J connectivity index is 0.000001000. The Morgan fingerprint density at radius 3 is 2.36 bits per heavy atom. The highest BCUT2D eigenvalue weighted by atomic mass is 35.5. The number of rotatable bonds is 1. The van der Waals surface area contributed by atoms with Crippen LogP contribution in [-0.4, -0.2) is 4.57 Å². The number of allylic oxidation sites excluding steroid dienone is 1. The summed E-state index contributed by atoms with van der Waals surface area (Å²) in [6.45, 7) is 5.89. The molecule has 0 atom stereocenters. The molecule has 1 rings (SSSR count). The number of imidazole rings is 1. The van der Waals surface area contributed by atoms with Crippen LogP contribution in [0.5, 0.6) is 0 Å². The minimum Gasteiger partial charge on any atom is -1.00 e. The first-order valence-electron chi connectivity index (χ1n) is 3.29. The van der Waals surface area contributed by atoms with Gasteiger partial charge in [-0.25, -0.2) is 9.13 Å². The maximum absolute atomic E-state index is 3.88.